The molecule has 2 rings (SSSR count). The maximum absolute atomic E-state index is 5.49. The first-order valence-electron chi connectivity index (χ1n) is 5.87. The van der Waals surface area contributed by atoms with E-state index in [0.29, 0.717) is 11.9 Å². The average molecular weight is 234 g/mol. The summed E-state index contributed by atoms with van der Waals surface area (Å²) in [4.78, 5) is 11.6. The molecule has 6 heteroatoms. The van der Waals surface area contributed by atoms with E-state index in [0.717, 1.165) is 6.42 Å². The third-order valence-corrected chi connectivity index (χ3v) is 3.04. The van der Waals surface area contributed by atoms with Crippen LogP contribution in [0.5, 0.6) is 0 Å². The van der Waals surface area contributed by atoms with Crippen molar-refractivity contribution < 1.29 is 0 Å². The molecule has 5 N–H and O–H groups in total. The van der Waals surface area contributed by atoms with Gasteiger partial charge in [0.25, 0.3) is 0 Å². The molecule has 6 nitrogen and oxygen atoms in total. The van der Waals surface area contributed by atoms with Gasteiger partial charge in [0.05, 0.1) is 0 Å². The lowest BCUT2D eigenvalue weighted by atomic mass is 9.86. The van der Waals surface area contributed by atoms with Crippen molar-refractivity contribution in [2.75, 3.05) is 16.8 Å². The smallest absolute Gasteiger partial charge is 0.233 e. The second kappa shape index (κ2) is 4.99. The lowest BCUT2D eigenvalue weighted by Gasteiger charge is -2.21. The van der Waals surface area contributed by atoms with Gasteiger partial charge in [0.2, 0.25) is 17.8 Å². The van der Waals surface area contributed by atoms with E-state index in [9.17, 15) is 0 Å². The molecular weight excluding hydrogens is 216 g/mol. The number of allylic oxidation sites excluding steroid dienone is 1. The van der Waals surface area contributed by atoms with Crippen LogP contribution < -0.4 is 16.8 Å². The molecule has 0 radical (unpaired) electrons. The highest BCUT2D eigenvalue weighted by Gasteiger charge is 2.13. The summed E-state index contributed by atoms with van der Waals surface area (Å²) in [6, 6.07) is 0. The van der Waals surface area contributed by atoms with Crippen LogP contribution in [0, 0.1) is 5.92 Å². The van der Waals surface area contributed by atoms with Crippen LogP contribution in [0.2, 0.25) is 0 Å². The number of rotatable bonds is 2. The van der Waals surface area contributed by atoms with Crippen LogP contribution in [-0.2, 0) is 0 Å². The zero-order valence-electron chi connectivity index (χ0n) is 9.98. The molecule has 1 fully saturated rings. The van der Waals surface area contributed by atoms with Gasteiger partial charge in [-0.3, -0.25) is 0 Å². The molecule has 1 aromatic heterocycles. The summed E-state index contributed by atoms with van der Waals surface area (Å²) in [5.74, 6) is 1.29. The SMILES string of the molecule is CC1CCCCC1=CNc1nc(N)nc(N)n1. The fraction of sp³-hybridized carbons (Fsp3) is 0.545. The van der Waals surface area contributed by atoms with Gasteiger partial charge in [-0.1, -0.05) is 18.9 Å². The maximum atomic E-state index is 5.49. The number of nitrogens with one attached hydrogen (secondary N) is 1. The van der Waals surface area contributed by atoms with Crippen molar-refractivity contribution in [1.29, 1.82) is 0 Å². The first-order valence-corrected chi connectivity index (χ1v) is 5.87. The van der Waals surface area contributed by atoms with E-state index in [2.05, 4.69) is 27.2 Å². The fourth-order valence-electron chi connectivity index (χ4n) is 2.06. The molecule has 0 spiro atoms. The highest BCUT2D eigenvalue weighted by Crippen LogP contribution is 2.28. The molecule has 0 aromatic carbocycles. The van der Waals surface area contributed by atoms with Crippen molar-refractivity contribution in [3.8, 4) is 0 Å². The monoisotopic (exact) mass is 234 g/mol. The Morgan fingerprint density at radius 2 is 1.88 bits per heavy atom. The van der Waals surface area contributed by atoms with Gasteiger partial charge in [-0.25, -0.2) is 0 Å². The summed E-state index contributed by atoms with van der Waals surface area (Å²) < 4.78 is 0. The van der Waals surface area contributed by atoms with Crippen molar-refractivity contribution >= 4 is 17.8 Å². The van der Waals surface area contributed by atoms with E-state index in [1.165, 1.54) is 24.8 Å². The van der Waals surface area contributed by atoms with Crippen LogP contribution >= 0.6 is 0 Å². The van der Waals surface area contributed by atoms with Crippen molar-refractivity contribution in [3.63, 3.8) is 0 Å². The molecular formula is C11H18N6. The lowest BCUT2D eigenvalue weighted by molar-refractivity contribution is 0.483. The number of nitrogens with two attached hydrogens (primary N) is 2. The van der Waals surface area contributed by atoms with Gasteiger partial charge in [0.15, 0.2) is 0 Å². The third-order valence-electron chi connectivity index (χ3n) is 3.04. The normalized spacial score (nSPS) is 22.6. The van der Waals surface area contributed by atoms with E-state index in [1.54, 1.807) is 0 Å². The Hall–Kier alpha value is -1.85. The number of hydrogen-bond acceptors (Lipinski definition) is 6. The maximum Gasteiger partial charge on any atom is 0.233 e. The van der Waals surface area contributed by atoms with Crippen molar-refractivity contribution in [3.05, 3.63) is 11.8 Å². The molecule has 1 atom stereocenters. The van der Waals surface area contributed by atoms with Crippen LogP contribution in [0.25, 0.3) is 0 Å². The fourth-order valence-corrected chi connectivity index (χ4v) is 2.06. The zero-order chi connectivity index (χ0) is 12.3. The first kappa shape index (κ1) is 11.6. The second-order valence-electron chi connectivity index (χ2n) is 4.39. The Balaban J connectivity index is 2.07. The minimum absolute atomic E-state index is 0.134. The molecule has 1 unspecified atom stereocenters. The molecule has 1 aromatic rings. The minimum Gasteiger partial charge on any atom is -0.368 e. The van der Waals surface area contributed by atoms with Crippen LogP contribution in [0.4, 0.5) is 17.8 Å². The van der Waals surface area contributed by atoms with E-state index >= 15 is 0 Å². The Bertz CT molecular complexity index is 408. The molecule has 0 amide bonds. The van der Waals surface area contributed by atoms with E-state index in [1.807, 2.05) is 6.20 Å². The van der Waals surface area contributed by atoms with Crippen LogP contribution in [0.3, 0.4) is 0 Å². The van der Waals surface area contributed by atoms with Gasteiger partial charge in [-0.05, 0) is 25.2 Å². The Morgan fingerprint density at radius 3 is 2.53 bits per heavy atom. The Morgan fingerprint density at radius 1 is 1.18 bits per heavy atom. The molecule has 0 aliphatic heterocycles. The Kier molecular flexibility index (Phi) is 3.41. The topological polar surface area (TPSA) is 103 Å². The van der Waals surface area contributed by atoms with Gasteiger partial charge in [-0.15, -0.1) is 0 Å². The molecule has 1 saturated carbocycles. The molecule has 1 aliphatic carbocycles. The largest absolute Gasteiger partial charge is 0.368 e. The van der Waals surface area contributed by atoms with Crippen LogP contribution in [0.15, 0.2) is 11.8 Å². The average Bonchev–Trinajstić information content (AvgIpc) is 2.27. The highest BCUT2D eigenvalue weighted by molar-refractivity contribution is 5.39. The van der Waals surface area contributed by atoms with Crippen molar-refractivity contribution in [1.82, 2.24) is 15.0 Å². The molecule has 1 heterocycles. The quantitative estimate of drug-likeness (QED) is 0.717. The summed E-state index contributed by atoms with van der Waals surface area (Å²) in [6.45, 7) is 2.24. The Labute approximate surface area is 101 Å². The van der Waals surface area contributed by atoms with Crippen molar-refractivity contribution in [2.24, 2.45) is 5.92 Å². The minimum atomic E-state index is 0.134. The number of anilines is 3. The highest BCUT2D eigenvalue weighted by atomic mass is 15.2. The molecule has 17 heavy (non-hydrogen) atoms. The van der Waals surface area contributed by atoms with Gasteiger partial charge in [0, 0.05) is 6.20 Å². The predicted octanol–water partition coefficient (Wildman–Crippen LogP) is 1.54. The van der Waals surface area contributed by atoms with E-state index in [-0.39, 0.29) is 11.9 Å². The summed E-state index contributed by atoms with van der Waals surface area (Å²) in [7, 11) is 0. The summed E-state index contributed by atoms with van der Waals surface area (Å²) in [5.41, 5.74) is 12.4. The van der Waals surface area contributed by atoms with Gasteiger partial charge in [-0.2, -0.15) is 15.0 Å². The summed E-state index contributed by atoms with van der Waals surface area (Å²) in [5, 5.41) is 3.04. The first-order chi connectivity index (χ1) is 8.15. The molecule has 0 saturated heterocycles. The van der Waals surface area contributed by atoms with E-state index < -0.39 is 0 Å². The van der Waals surface area contributed by atoms with Gasteiger partial charge < -0.3 is 16.8 Å². The zero-order valence-corrected chi connectivity index (χ0v) is 9.98. The number of hydrogen-bond donors (Lipinski definition) is 3. The molecule has 1 aliphatic rings. The second-order valence-corrected chi connectivity index (χ2v) is 4.39. The number of nitrogens with zero attached hydrogens (tertiary/aromatic N) is 3. The van der Waals surface area contributed by atoms with Gasteiger partial charge in [0.1, 0.15) is 0 Å². The number of nitrogen functional groups attached to an aromatic ring is 2. The third kappa shape index (κ3) is 3.05. The van der Waals surface area contributed by atoms with Gasteiger partial charge >= 0.3 is 0 Å². The summed E-state index contributed by atoms with van der Waals surface area (Å²) >= 11 is 0. The molecule has 0 bridgehead atoms. The number of aromatic nitrogens is 3. The standard InChI is InChI=1S/C11H18N6/c1-7-4-2-3-5-8(7)6-14-11-16-9(12)15-10(13)17-11/h6-7H,2-5H2,1H3,(H5,12,13,14,15,16,17). The lowest BCUT2D eigenvalue weighted by Crippen LogP contribution is -2.10. The predicted molar refractivity (Wildman–Crippen MR) is 68.0 cm³/mol. The van der Waals surface area contributed by atoms with Crippen LogP contribution in [0.1, 0.15) is 32.6 Å². The molecule has 92 valence electrons. The van der Waals surface area contributed by atoms with E-state index in [4.69, 9.17) is 11.5 Å². The van der Waals surface area contributed by atoms with Crippen LogP contribution in [-0.4, -0.2) is 15.0 Å². The van der Waals surface area contributed by atoms with Crippen molar-refractivity contribution in [2.45, 2.75) is 32.6 Å². The summed E-state index contributed by atoms with van der Waals surface area (Å²) in [6.07, 6.45) is 6.90.